The van der Waals surface area contributed by atoms with Crippen LogP contribution in [0.1, 0.15) is 34.0 Å². The summed E-state index contributed by atoms with van der Waals surface area (Å²) in [6.45, 7) is 3.93. The van der Waals surface area contributed by atoms with Gasteiger partial charge in [0.2, 0.25) is 0 Å². The van der Waals surface area contributed by atoms with E-state index in [1.54, 1.807) is 6.07 Å². The van der Waals surface area contributed by atoms with Crippen LogP contribution in [0.5, 0.6) is 0 Å². The fourth-order valence-electron chi connectivity index (χ4n) is 4.80. The van der Waals surface area contributed by atoms with Gasteiger partial charge in [-0.3, -0.25) is 9.69 Å². The topological polar surface area (TPSA) is 25.2 Å². The van der Waals surface area contributed by atoms with E-state index >= 15 is 0 Å². The normalized spacial score (nSPS) is 21.4. The molecule has 148 valence electrons. The molecule has 0 saturated carbocycles. The molecule has 3 aromatic rings. The number of piperidine rings is 1. The standard InChI is InChI=1S/C24H23ClN2OS/c25-21-8-4-17(5-9-21)3-6-19-7-10-23(28)27-14-18-12-20(24(19)27)15-26(13-18)16-22-2-1-11-29-22/h1-11,18,20H,12-16H2. The van der Waals surface area contributed by atoms with E-state index in [1.165, 1.54) is 17.0 Å². The third-order valence-electron chi connectivity index (χ3n) is 5.98. The highest BCUT2D eigenvalue weighted by Gasteiger charge is 2.35. The number of benzene rings is 1. The van der Waals surface area contributed by atoms with Crippen LogP contribution in [0.25, 0.3) is 12.2 Å². The van der Waals surface area contributed by atoms with Crippen LogP contribution < -0.4 is 5.56 Å². The van der Waals surface area contributed by atoms with Gasteiger partial charge in [-0.05, 0) is 53.1 Å². The average molecular weight is 423 g/mol. The second-order valence-corrected chi connectivity index (χ2v) is 9.55. The number of halogens is 1. The Balaban J connectivity index is 1.45. The van der Waals surface area contributed by atoms with E-state index in [1.807, 2.05) is 46.2 Å². The van der Waals surface area contributed by atoms with Gasteiger partial charge in [0.05, 0.1) is 0 Å². The maximum absolute atomic E-state index is 12.6. The fourth-order valence-corrected chi connectivity index (χ4v) is 5.67. The number of rotatable bonds is 4. The van der Waals surface area contributed by atoms with Crippen LogP contribution in [0.4, 0.5) is 0 Å². The Morgan fingerprint density at radius 3 is 2.69 bits per heavy atom. The summed E-state index contributed by atoms with van der Waals surface area (Å²) < 4.78 is 2.03. The van der Waals surface area contributed by atoms with Gasteiger partial charge in [-0.2, -0.15) is 0 Å². The van der Waals surface area contributed by atoms with E-state index < -0.39 is 0 Å². The third-order valence-corrected chi connectivity index (χ3v) is 7.10. The van der Waals surface area contributed by atoms with Crippen molar-refractivity contribution in [1.29, 1.82) is 0 Å². The highest BCUT2D eigenvalue weighted by atomic mass is 35.5. The van der Waals surface area contributed by atoms with Gasteiger partial charge in [0.25, 0.3) is 5.56 Å². The third kappa shape index (κ3) is 3.97. The summed E-state index contributed by atoms with van der Waals surface area (Å²) in [6, 6.07) is 15.9. The maximum atomic E-state index is 12.6. The van der Waals surface area contributed by atoms with Crippen LogP contribution in [-0.2, 0) is 13.1 Å². The summed E-state index contributed by atoms with van der Waals surface area (Å²) in [4.78, 5) is 16.6. The molecule has 2 aromatic heterocycles. The molecule has 0 aliphatic carbocycles. The van der Waals surface area contributed by atoms with Crippen molar-refractivity contribution in [2.24, 2.45) is 5.92 Å². The number of nitrogens with zero attached hydrogens (tertiary/aromatic N) is 2. The first kappa shape index (κ1) is 18.9. The van der Waals surface area contributed by atoms with Gasteiger partial charge < -0.3 is 4.57 Å². The van der Waals surface area contributed by atoms with Gasteiger partial charge in [-0.25, -0.2) is 0 Å². The molecule has 2 unspecified atom stereocenters. The van der Waals surface area contributed by atoms with Crippen molar-refractivity contribution < 1.29 is 0 Å². The van der Waals surface area contributed by atoms with Gasteiger partial charge in [0.1, 0.15) is 0 Å². The van der Waals surface area contributed by atoms with E-state index in [0.717, 1.165) is 42.3 Å². The van der Waals surface area contributed by atoms with Gasteiger partial charge in [0.15, 0.2) is 0 Å². The molecule has 5 rings (SSSR count). The molecule has 0 N–H and O–H groups in total. The lowest BCUT2D eigenvalue weighted by Gasteiger charge is -2.43. The molecule has 1 fully saturated rings. The second-order valence-electron chi connectivity index (χ2n) is 8.08. The number of fused-ring (bicyclic) bond motifs is 4. The lowest BCUT2D eigenvalue weighted by molar-refractivity contribution is 0.115. The molecule has 29 heavy (non-hydrogen) atoms. The smallest absolute Gasteiger partial charge is 0.250 e. The lowest BCUT2D eigenvalue weighted by atomic mass is 9.81. The Hall–Kier alpha value is -2.14. The Morgan fingerprint density at radius 1 is 1.03 bits per heavy atom. The number of hydrogen-bond acceptors (Lipinski definition) is 3. The first-order valence-corrected chi connectivity index (χ1v) is 11.3. The number of hydrogen-bond donors (Lipinski definition) is 0. The summed E-state index contributed by atoms with van der Waals surface area (Å²) in [5, 5.41) is 2.89. The highest BCUT2D eigenvalue weighted by molar-refractivity contribution is 7.09. The van der Waals surface area contributed by atoms with Gasteiger partial charge >= 0.3 is 0 Å². The molecule has 2 aliphatic rings. The van der Waals surface area contributed by atoms with Crippen LogP contribution >= 0.6 is 22.9 Å². The molecule has 1 aromatic carbocycles. The molecular formula is C24H23ClN2OS. The largest absolute Gasteiger partial charge is 0.311 e. The van der Waals surface area contributed by atoms with E-state index in [-0.39, 0.29) is 5.56 Å². The predicted molar refractivity (Wildman–Crippen MR) is 122 cm³/mol. The summed E-state index contributed by atoms with van der Waals surface area (Å²) in [6.07, 6.45) is 5.43. The predicted octanol–water partition coefficient (Wildman–Crippen LogP) is 5.35. The lowest BCUT2D eigenvalue weighted by Crippen LogP contribution is -2.47. The molecule has 4 heterocycles. The molecule has 0 radical (unpaired) electrons. The molecule has 1 saturated heterocycles. The summed E-state index contributed by atoms with van der Waals surface area (Å²) in [5.41, 5.74) is 3.59. The van der Waals surface area contributed by atoms with Crippen LogP contribution in [0.3, 0.4) is 0 Å². The van der Waals surface area contributed by atoms with Crippen molar-refractivity contribution in [2.75, 3.05) is 13.1 Å². The first-order valence-electron chi connectivity index (χ1n) is 10.1. The van der Waals surface area contributed by atoms with Crippen LogP contribution in [-0.4, -0.2) is 22.6 Å². The molecule has 2 bridgehead atoms. The zero-order chi connectivity index (χ0) is 19.8. The number of likely N-dealkylation sites (tertiary alicyclic amines) is 1. The van der Waals surface area contributed by atoms with Gasteiger partial charge in [-0.1, -0.05) is 42.0 Å². The van der Waals surface area contributed by atoms with Crippen molar-refractivity contribution in [1.82, 2.24) is 9.47 Å². The minimum atomic E-state index is 0.130. The van der Waals surface area contributed by atoms with E-state index in [9.17, 15) is 4.79 Å². The van der Waals surface area contributed by atoms with Crippen molar-refractivity contribution in [3.8, 4) is 0 Å². The minimum absolute atomic E-state index is 0.130. The summed E-state index contributed by atoms with van der Waals surface area (Å²) in [7, 11) is 0. The maximum Gasteiger partial charge on any atom is 0.250 e. The SMILES string of the molecule is O=c1ccc(C=Cc2ccc(Cl)cc2)c2n1CC1CC2CN(Cc2cccs2)C1. The summed E-state index contributed by atoms with van der Waals surface area (Å²) in [5.74, 6) is 0.954. The van der Waals surface area contributed by atoms with Crippen molar-refractivity contribution in [3.63, 3.8) is 0 Å². The molecule has 3 nitrogen and oxygen atoms in total. The zero-order valence-electron chi connectivity index (χ0n) is 16.1. The number of aromatic nitrogens is 1. The number of pyridine rings is 1. The zero-order valence-corrected chi connectivity index (χ0v) is 17.7. The Labute approximate surface area is 179 Å². The fraction of sp³-hybridized carbons (Fsp3) is 0.292. The quantitative estimate of drug-likeness (QED) is 0.566. The van der Waals surface area contributed by atoms with Crippen molar-refractivity contribution in [2.45, 2.75) is 25.4 Å². The Kier molecular flexibility index (Phi) is 5.17. The van der Waals surface area contributed by atoms with E-state index in [4.69, 9.17) is 11.6 Å². The molecule has 5 heteroatoms. The highest BCUT2D eigenvalue weighted by Crippen LogP contribution is 2.38. The number of thiophene rings is 1. The van der Waals surface area contributed by atoms with Crippen LogP contribution in [0.15, 0.2) is 58.7 Å². The first-order chi connectivity index (χ1) is 14.2. The molecule has 2 aliphatic heterocycles. The average Bonchev–Trinajstić information content (AvgIpc) is 3.22. The van der Waals surface area contributed by atoms with Crippen LogP contribution in [0.2, 0.25) is 5.02 Å². The van der Waals surface area contributed by atoms with Gasteiger partial charge in [0, 0.05) is 53.8 Å². The van der Waals surface area contributed by atoms with Crippen LogP contribution in [0, 0.1) is 5.92 Å². The minimum Gasteiger partial charge on any atom is -0.311 e. The Bertz CT molecular complexity index is 1090. The monoisotopic (exact) mass is 422 g/mol. The van der Waals surface area contributed by atoms with E-state index in [0.29, 0.717) is 11.8 Å². The molecular weight excluding hydrogens is 400 g/mol. The molecule has 0 spiro atoms. The van der Waals surface area contributed by atoms with Gasteiger partial charge in [-0.15, -0.1) is 11.3 Å². The Morgan fingerprint density at radius 2 is 1.90 bits per heavy atom. The van der Waals surface area contributed by atoms with E-state index in [2.05, 4.69) is 34.6 Å². The summed E-state index contributed by atoms with van der Waals surface area (Å²) >= 11 is 7.82. The molecule has 0 amide bonds. The molecule has 2 atom stereocenters. The van der Waals surface area contributed by atoms with Crippen molar-refractivity contribution in [3.05, 3.63) is 91.0 Å². The second kappa shape index (κ2) is 7.94. The van der Waals surface area contributed by atoms with Crippen molar-refractivity contribution >= 4 is 35.1 Å².